The number of hydrogen-bond donors (Lipinski definition) is 1. The predicted molar refractivity (Wildman–Crippen MR) is 105 cm³/mol. The van der Waals surface area contributed by atoms with Crippen molar-refractivity contribution in [1.82, 2.24) is 9.80 Å². The molecule has 4 nitrogen and oxygen atoms in total. The van der Waals surface area contributed by atoms with Crippen molar-refractivity contribution < 1.29 is 4.42 Å². The summed E-state index contributed by atoms with van der Waals surface area (Å²) in [4.78, 5) is 4.27. The average Bonchev–Trinajstić information content (AvgIpc) is 3.06. The standard InChI is InChI=1S/C18H24ClN3OS/c1-13-15(19)7-5-8-16(13)20-18(24)22(11-10-21(3)4)14(2)17-9-6-12-23-17/h5-9,12,14H,10-11H2,1-4H3,(H,20,24)/t14-/m1/s1. The van der Waals surface area contributed by atoms with E-state index < -0.39 is 0 Å². The van der Waals surface area contributed by atoms with Gasteiger partial charge in [-0.25, -0.2) is 0 Å². The number of nitrogens with one attached hydrogen (secondary N) is 1. The van der Waals surface area contributed by atoms with Gasteiger partial charge in [-0.1, -0.05) is 17.7 Å². The second-order valence-electron chi connectivity index (χ2n) is 6.03. The van der Waals surface area contributed by atoms with E-state index in [2.05, 4.69) is 22.0 Å². The van der Waals surface area contributed by atoms with Crippen LogP contribution in [-0.4, -0.2) is 42.1 Å². The van der Waals surface area contributed by atoms with Crippen LogP contribution in [0.25, 0.3) is 0 Å². The molecular weight excluding hydrogens is 342 g/mol. The minimum absolute atomic E-state index is 0.0411. The number of benzene rings is 1. The number of hydrogen-bond acceptors (Lipinski definition) is 3. The highest BCUT2D eigenvalue weighted by Gasteiger charge is 2.21. The molecule has 0 unspecified atom stereocenters. The van der Waals surface area contributed by atoms with Crippen LogP contribution in [0.1, 0.15) is 24.3 Å². The summed E-state index contributed by atoms with van der Waals surface area (Å²) >= 11 is 11.9. The molecule has 24 heavy (non-hydrogen) atoms. The van der Waals surface area contributed by atoms with Crippen molar-refractivity contribution in [3.8, 4) is 0 Å². The minimum atomic E-state index is 0.0411. The van der Waals surface area contributed by atoms with Gasteiger partial charge in [0, 0.05) is 23.8 Å². The number of furan rings is 1. The first-order valence-corrected chi connectivity index (χ1v) is 8.69. The van der Waals surface area contributed by atoms with Crippen LogP contribution < -0.4 is 5.32 Å². The Labute approximate surface area is 154 Å². The van der Waals surface area contributed by atoms with Gasteiger partial charge in [-0.2, -0.15) is 0 Å². The van der Waals surface area contributed by atoms with Gasteiger partial charge >= 0.3 is 0 Å². The molecule has 130 valence electrons. The van der Waals surface area contributed by atoms with Gasteiger partial charge in [0.05, 0.1) is 12.3 Å². The molecule has 0 bridgehead atoms. The highest BCUT2D eigenvalue weighted by molar-refractivity contribution is 7.80. The van der Waals surface area contributed by atoms with Crippen LogP contribution in [-0.2, 0) is 0 Å². The summed E-state index contributed by atoms with van der Waals surface area (Å²) in [5, 5.41) is 4.71. The zero-order valence-electron chi connectivity index (χ0n) is 14.5. The third-order valence-corrected chi connectivity index (χ3v) is 4.73. The van der Waals surface area contributed by atoms with Gasteiger partial charge in [-0.15, -0.1) is 0 Å². The van der Waals surface area contributed by atoms with Crippen molar-refractivity contribution in [2.45, 2.75) is 19.9 Å². The Balaban J connectivity index is 2.18. The number of nitrogens with zero attached hydrogens (tertiary/aromatic N) is 2. The molecule has 0 saturated carbocycles. The average molecular weight is 366 g/mol. The summed E-state index contributed by atoms with van der Waals surface area (Å²) < 4.78 is 5.56. The number of halogens is 1. The molecule has 1 aromatic heterocycles. The van der Waals surface area contributed by atoms with Gasteiger partial charge in [0.2, 0.25) is 0 Å². The summed E-state index contributed by atoms with van der Waals surface area (Å²) in [6.07, 6.45) is 1.69. The van der Waals surface area contributed by atoms with E-state index >= 15 is 0 Å². The first kappa shape index (κ1) is 18.8. The number of thiocarbonyl (C=S) groups is 1. The SMILES string of the molecule is Cc1c(Cl)cccc1NC(=S)N(CCN(C)C)[C@H](C)c1ccco1. The molecule has 1 aromatic carbocycles. The highest BCUT2D eigenvalue weighted by atomic mass is 35.5. The zero-order chi connectivity index (χ0) is 17.7. The van der Waals surface area contributed by atoms with Crippen molar-refractivity contribution >= 4 is 34.6 Å². The van der Waals surface area contributed by atoms with Crippen LogP contribution in [0, 0.1) is 6.92 Å². The van der Waals surface area contributed by atoms with E-state index in [1.165, 1.54) is 0 Å². The Morgan fingerprint density at radius 3 is 2.62 bits per heavy atom. The van der Waals surface area contributed by atoms with E-state index in [4.69, 9.17) is 28.2 Å². The summed E-state index contributed by atoms with van der Waals surface area (Å²) in [5.74, 6) is 0.890. The fraction of sp³-hybridized carbons (Fsp3) is 0.389. The monoisotopic (exact) mass is 365 g/mol. The van der Waals surface area contributed by atoms with Crippen molar-refractivity contribution in [2.75, 3.05) is 32.5 Å². The number of likely N-dealkylation sites (N-methyl/N-ethyl adjacent to an activating group) is 1. The van der Waals surface area contributed by atoms with Crippen LogP contribution >= 0.6 is 23.8 Å². The smallest absolute Gasteiger partial charge is 0.174 e. The van der Waals surface area contributed by atoms with Crippen molar-refractivity contribution in [3.63, 3.8) is 0 Å². The third kappa shape index (κ3) is 4.72. The Morgan fingerprint density at radius 1 is 1.25 bits per heavy atom. The van der Waals surface area contributed by atoms with Gasteiger partial charge in [0.15, 0.2) is 5.11 Å². The van der Waals surface area contributed by atoms with Crippen LogP contribution in [0.3, 0.4) is 0 Å². The van der Waals surface area contributed by atoms with Gasteiger partial charge in [-0.05, 0) is 70.0 Å². The molecule has 0 aliphatic heterocycles. The summed E-state index contributed by atoms with van der Waals surface area (Å²) in [6, 6.07) is 9.68. The largest absolute Gasteiger partial charge is 0.467 e. The molecule has 0 aliphatic carbocycles. The molecule has 2 aromatic rings. The summed E-state index contributed by atoms with van der Waals surface area (Å²) in [5.41, 5.74) is 1.91. The molecule has 0 radical (unpaired) electrons. The Hall–Kier alpha value is -1.56. The molecule has 0 saturated heterocycles. The van der Waals surface area contributed by atoms with E-state index in [0.29, 0.717) is 5.11 Å². The fourth-order valence-electron chi connectivity index (χ4n) is 2.39. The lowest BCUT2D eigenvalue weighted by atomic mass is 10.2. The minimum Gasteiger partial charge on any atom is -0.467 e. The molecule has 1 N–H and O–H groups in total. The molecular formula is C18H24ClN3OS. The van der Waals surface area contributed by atoms with Crippen LogP contribution in [0.15, 0.2) is 41.0 Å². The Morgan fingerprint density at radius 2 is 2.00 bits per heavy atom. The Kier molecular flexibility index (Phi) is 6.66. The van der Waals surface area contributed by atoms with Crippen molar-refractivity contribution in [3.05, 3.63) is 52.9 Å². The molecule has 0 fully saturated rings. The molecule has 6 heteroatoms. The predicted octanol–water partition coefficient (Wildman–Crippen LogP) is 4.56. The maximum absolute atomic E-state index is 6.20. The van der Waals surface area contributed by atoms with Gasteiger partial charge < -0.3 is 19.5 Å². The molecule has 2 rings (SSSR count). The van der Waals surface area contributed by atoms with Gasteiger partial charge in [0.25, 0.3) is 0 Å². The molecule has 0 amide bonds. The lowest BCUT2D eigenvalue weighted by Gasteiger charge is -2.32. The quantitative estimate of drug-likeness (QED) is 0.758. The molecule has 0 aliphatic rings. The first-order valence-electron chi connectivity index (χ1n) is 7.91. The van der Waals surface area contributed by atoms with Gasteiger partial charge in [0.1, 0.15) is 5.76 Å². The topological polar surface area (TPSA) is 31.6 Å². The lowest BCUT2D eigenvalue weighted by molar-refractivity contribution is 0.263. The maximum atomic E-state index is 6.20. The first-order chi connectivity index (χ1) is 11.4. The second-order valence-corrected chi connectivity index (χ2v) is 6.82. The molecule has 1 atom stereocenters. The molecule has 0 spiro atoms. The maximum Gasteiger partial charge on any atom is 0.174 e. The van der Waals surface area contributed by atoms with E-state index in [1.54, 1.807) is 6.26 Å². The Bertz CT molecular complexity index is 673. The third-order valence-electron chi connectivity index (χ3n) is 3.98. The van der Waals surface area contributed by atoms with E-state index in [0.717, 1.165) is 35.1 Å². The number of anilines is 1. The van der Waals surface area contributed by atoms with E-state index in [9.17, 15) is 0 Å². The zero-order valence-corrected chi connectivity index (χ0v) is 16.1. The summed E-state index contributed by atoms with van der Waals surface area (Å²) in [7, 11) is 4.10. The van der Waals surface area contributed by atoms with Gasteiger partial charge in [-0.3, -0.25) is 0 Å². The summed E-state index contributed by atoms with van der Waals surface area (Å²) in [6.45, 7) is 5.75. The van der Waals surface area contributed by atoms with Crippen molar-refractivity contribution in [2.24, 2.45) is 0 Å². The van der Waals surface area contributed by atoms with Crippen LogP contribution in [0.5, 0.6) is 0 Å². The fourth-order valence-corrected chi connectivity index (χ4v) is 2.93. The van der Waals surface area contributed by atoms with Crippen molar-refractivity contribution in [1.29, 1.82) is 0 Å². The highest BCUT2D eigenvalue weighted by Crippen LogP contribution is 2.25. The van der Waals surface area contributed by atoms with E-state index in [-0.39, 0.29) is 6.04 Å². The number of rotatable bonds is 6. The molecule has 1 heterocycles. The van der Waals surface area contributed by atoms with Crippen LogP contribution in [0.2, 0.25) is 5.02 Å². The normalized spacial score (nSPS) is 12.2. The van der Waals surface area contributed by atoms with E-state index in [1.807, 2.05) is 51.4 Å². The van der Waals surface area contributed by atoms with Crippen LogP contribution in [0.4, 0.5) is 5.69 Å². The second kappa shape index (κ2) is 8.51. The lowest BCUT2D eigenvalue weighted by Crippen LogP contribution is -2.40.